The van der Waals surface area contributed by atoms with Crippen molar-refractivity contribution in [1.29, 1.82) is 0 Å². The van der Waals surface area contributed by atoms with Gasteiger partial charge in [-0.15, -0.1) is 0 Å². The van der Waals surface area contributed by atoms with Gasteiger partial charge >= 0.3 is 5.97 Å². The summed E-state index contributed by atoms with van der Waals surface area (Å²) in [7, 11) is 0. The van der Waals surface area contributed by atoms with E-state index < -0.39 is 72.7 Å². The zero-order valence-electron chi connectivity index (χ0n) is 15.7. The number of carboxylic acids is 1. The van der Waals surface area contributed by atoms with Gasteiger partial charge < -0.3 is 43.4 Å². The lowest BCUT2D eigenvalue weighted by molar-refractivity contribution is -0.144. The molecule has 0 spiro atoms. The number of carbonyl (C=O) groups excluding carboxylic acids is 5. The van der Waals surface area contributed by atoms with E-state index in [0.29, 0.717) is 0 Å². The molecule has 4 unspecified atom stereocenters. The highest BCUT2D eigenvalue weighted by Gasteiger charge is 2.30. The molecular formula is C15H26N6O8. The van der Waals surface area contributed by atoms with E-state index in [9.17, 15) is 33.9 Å². The summed E-state index contributed by atoms with van der Waals surface area (Å²) < 4.78 is 0. The number of aliphatic hydroxyl groups is 1. The van der Waals surface area contributed by atoms with Crippen LogP contribution >= 0.6 is 0 Å². The zero-order valence-corrected chi connectivity index (χ0v) is 15.7. The summed E-state index contributed by atoms with van der Waals surface area (Å²) in [5.41, 5.74) is 15.4. The van der Waals surface area contributed by atoms with E-state index in [2.05, 4.69) is 10.6 Å². The molecule has 164 valence electrons. The van der Waals surface area contributed by atoms with Crippen LogP contribution in [-0.2, 0) is 28.8 Å². The van der Waals surface area contributed by atoms with Crippen molar-refractivity contribution in [1.82, 2.24) is 16.0 Å². The first-order valence-electron chi connectivity index (χ1n) is 8.45. The maximum Gasteiger partial charge on any atom is 0.326 e. The highest BCUT2D eigenvalue weighted by Crippen LogP contribution is 1.98. The Bertz CT molecular complexity index is 653. The first-order chi connectivity index (χ1) is 13.3. The average Bonchev–Trinajstić information content (AvgIpc) is 2.60. The van der Waals surface area contributed by atoms with Gasteiger partial charge in [-0.05, 0) is 13.3 Å². The third-order valence-electron chi connectivity index (χ3n) is 3.56. The predicted molar refractivity (Wildman–Crippen MR) is 96.4 cm³/mol. The molecule has 0 heterocycles. The van der Waals surface area contributed by atoms with Gasteiger partial charge in [-0.1, -0.05) is 0 Å². The van der Waals surface area contributed by atoms with Crippen molar-refractivity contribution in [2.45, 2.75) is 50.4 Å². The second-order valence-electron chi connectivity index (χ2n) is 6.18. The summed E-state index contributed by atoms with van der Waals surface area (Å²) in [6, 6.07) is -4.31. The van der Waals surface area contributed by atoms with Gasteiger partial charge in [-0.2, -0.15) is 0 Å². The smallest absolute Gasteiger partial charge is 0.326 e. The molecule has 0 rings (SSSR count). The highest BCUT2D eigenvalue weighted by atomic mass is 16.4. The predicted octanol–water partition coefficient (Wildman–Crippen LogP) is -4.99. The number of hydrogen-bond donors (Lipinski definition) is 8. The summed E-state index contributed by atoms with van der Waals surface area (Å²) in [5.74, 6) is -5.87. The summed E-state index contributed by atoms with van der Waals surface area (Å²) in [4.78, 5) is 68.4. The molecule has 0 aromatic carbocycles. The van der Waals surface area contributed by atoms with Gasteiger partial charge in [0.15, 0.2) is 0 Å². The van der Waals surface area contributed by atoms with Crippen LogP contribution in [-0.4, -0.2) is 76.5 Å². The van der Waals surface area contributed by atoms with E-state index >= 15 is 0 Å². The molecule has 0 saturated carbocycles. The number of primary amides is 2. The summed E-state index contributed by atoms with van der Waals surface area (Å²) >= 11 is 0. The Hall–Kier alpha value is -3.26. The Morgan fingerprint density at radius 1 is 0.966 bits per heavy atom. The molecule has 29 heavy (non-hydrogen) atoms. The molecule has 14 nitrogen and oxygen atoms in total. The van der Waals surface area contributed by atoms with Gasteiger partial charge in [0.25, 0.3) is 0 Å². The SMILES string of the molecule is CC(O)C(NC(=O)CNC(=O)C(N)CCC(N)=O)C(=O)NC(CC(N)=O)C(=O)O. The molecule has 4 atom stereocenters. The van der Waals surface area contributed by atoms with Gasteiger partial charge in [-0.25, -0.2) is 4.79 Å². The minimum absolute atomic E-state index is 0.0298. The van der Waals surface area contributed by atoms with Gasteiger partial charge in [0.05, 0.1) is 25.1 Å². The first kappa shape index (κ1) is 25.7. The third kappa shape index (κ3) is 10.6. The zero-order chi connectivity index (χ0) is 22.7. The van der Waals surface area contributed by atoms with E-state index in [1.54, 1.807) is 0 Å². The number of carboxylic acid groups (broad SMARTS) is 1. The van der Waals surface area contributed by atoms with Crippen LogP contribution in [0.4, 0.5) is 0 Å². The number of aliphatic carboxylic acids is 1. The number of amides is 5. The van der Waals surface area contributed by atoms with Crippen molar-refractivity contribution in [3.05, 3.63) is 0 Å². The minimum Gasteiger partial charge on any atom is -0.480 e. The monoisotopic (exact) mass is 418 g/mol. The number of carbonyl (C=O) groups is 6. The fraction of sp³-hybridized carbons (Fsp3) is 0.600. The fourth-order valence-electron chi connectivity index (χ4n) is 2.02. The minimum atomic E-state index is -1.65. The quantitative estimate of drug-likeness (QED) is 0.142. The van der Waals surface area contributed by atoms with Crippen LogP contribution in [0.25, 0.3) is 0 Å². The lowest BCUT2D eigenvalue weighted by Crippen LogP contribution is -2.57. The van der Waals surface area contributed by atoms with Gasteiger partial charge in [0.1, 0.15) is 12.1 Å². The van der Waals surface area contributed by atoms with Gasteiger partial charge in [0, 0.05) is 6.42 Å². The molecule has 11 N–H and O–H groups in total. The fourth-order valence-corrected chi connectivity index (χ4v) is 2.02. The lowest BCUT2D eigenvalue weighted by atomic mass is 10.1. The van der Waals surface area contributed by atoms with Gasteiger partial charge in [-0.3, -0.25) is 24.0 Å². The van der Waals surface area contributed by atoms with Crippen LogP contribution in [0.2, 0.25) is 0 Å². The number of hydrogen-bond acceptors (Lipinski definition) is 8. The van der Waals surface area contributed by atoms with Gasteiger partial charge in [0.2, 0.25) is 29.5 Å². The average molecular weight is 418 g/mol. The van der Waals surface area contributed by atoms with Crippen LogP contribution in [0.15, 0.2) is 0 Å². The molecule has 0 fully saturated rings. The highest BCUT2D eigenvalue weighted by molar-refractivity contribution is 5.94. The normalized spacial score (nSPS) is 14.6. The summed E-state index contributed by atoms with van der Waals surface area (Å²) in [5, 5.41) is 25.0. The number of rotatable bonds is 13. The Morgan fingerprint density at radius 3 is 2.00 bits per heavy atom. The standard InChI is InChI=1S/C15H26N6O8/c1-6(22)12(14(27)20-8(15(28)29)4-10(18)24)21-11(25)5-19-13(26)7(16)2-3-9(17)23/h6-8,12,22H,2-5,16H2,1H3,(H2,17,23)(H2,18,24)(H,19,26)(H,20,27)(H,21,25)(H,28,29). The molecule has 14 heteroatoms. The van der Waals surface area contributed by atoms with E-state index in [1.807, 2.05) is 5.32 Å². The van der Waals surface area contributed by atoms with Crippen LogP contribution < -0.4 is 33.2 Å². The van der Waals surface area contributed by atoms with E-state index in [4.69, 9.17) is 22.3 Å². The van der Waals surface area contributed by atoms with Crippen molar-refractivity contribution in [2.24, 2.45) is 17.2 Å². The maximum absolute atomic E-state index is 12.2. The largest absolute Gasteiger partial charge is 0.480 e. The van der Waals surface area contributed by atoms with Crippen LogP contribution in [0.3, 0.4) is 0 Å². The molecule has 0 saturated heterocycles. The molecule has 0 aromatic rings. The molecule has 0 aliphatic heterocycles. The van der Waals surface area contributed by atoms with Crippen LogP contribution in [0.1, 0.15) is 26.2 Å². The third-order valence-corrected chi connectivity index (χ3v) is 3.56. The Labute approximate surface area is 165 Å². The summed E-state index contributed by atoms with van der Waals surface area (Å²) in [6.07, 6.45) is -2.28. The number of aliphatic hydroxyl groups excluding tert-OH is 1. The second-order valence-corrected chi connectivity index (χ2v) is 6.18. The molecule has 0 aliphatic carbocycles. The molecule has 0 aromatic heterocycles. The Kier molecular flexibility index (Phi) is 10.9. The number of nitrogens with one attached hydrogen (secondary N) is 3. The second kappa shape index (κ2) is 12.2. The first-order valence-corrected chi connectivity index (χ1v) is 8.45. The Morgan fingerprint density at radius 2 is 1.55 bits per heavy atom. The Balaban J connectivity index is 4.78. The molecule has 0 radical (unpaired) electrons. The van der Waals surface area contributed by atoms with Crippen molar-refractivity contribution in [3.8, 4) is 0 Å². The number of nitrogens with two attached hydrogens (primary N) is 3. The molecule has 0 aliphatic rings. The van der Waals surface area contributed by atoms with Crippen molar-refractivity contribution < 1.29 is 39.0 Å². The molecule has 5 amide bonds. The van der Waals surface area contributed by atoms with E-state index in [0.717, 1.165) is 6.92 Å². The summed E-state index contributed by atoms with van der Waals surface area (Å²) in [6.45, 7) is 0.552. The van der Waals surface area contributed by atoms with Crippen molar-refractivity contribution >= 4 is 35.5 Å². The molecule has 0 bridgehead atoms. The topological polar surface area (TPSA) is 257 Å². The maximum atomic E-state index is 12.2. The van der Waals surface area contributed by atoms with Crippen LogP contribution in [0, 0.1) is 0 Å². The lowest BCUT2D eigenvalue weighted by Gasteiger charge is -2.23. The van der Waals surface area contributed by atoms with E-state index in [-0.39, 0.29) is 12.8 Å². The van der Waals surface area contributed by atoms with Crippen LogP contribution in [0.5, 0.6) is 0 Å². The van der Waals surface area contributed by atoms with Crippen molar-refractivity contribution in [3.63, 3.8) is 0 Å². The van der Waals surface area contributed by atoms with Crippen molar-refractivity contribution in [2.75, 3.05) is 6.54 Å². The molecular weight excluding hydrogens is 392 g/mol. The van der Waals surface area contributed by atoms with E-state index in [1.165, 1.54) is 0 Å².